The van der Waals surface area contributed by atoms with Gasteiger partial charge >= 0.3 is 0 Å². The zero-order valence-corrected chi connectivity index (χ0v) is 11.6. The van der Waals surface area contributed by atoms with Crippen LogP contribution in [0.15, 0.2) is 6.20 Å². The van der Waals surface area contributed by atoms with Crippen LogP contribution >= 0.6 is 11.3 Å². The molecule has 1 rings (SSSR count). The fraction of sp³-hybridized carbons (Fsp3) is 0.750. The van der Waals surface area contributed by atoms with Gasteiger partial charge in [-0.3, -0.25) is 0 Å². The normalized spacial score (nSPS) is 14.1. The largest absolute Gasteiger partial charge is 0.372 e. The third-order valence-corrected chi connectivity index (χ3v) is 3.29. The lowest BCUT2D eigenvalue weighted by Gasteiger charge is -2.19. The first-order valence-corrected chi connectivity index (χ1v) is 6.55. The molecule has 0 radical (unpaired) electrons. The maximum Gasteiger partial charge on any atom is 0.121 e. The van der Waals surface area contributed by atoms with E-state index in [1.807, 2.05) is 20.0 Å². The summed E-state index contributed by atoms with van der Waals surface area (Å²) in [6.45, 7) is 12.2. The van der Waals surface area contributed by atoms with Gasteiger partial charge in [0.05, 0.1) is 0 Å². The van der Waals surface area contributed by atoms with Gasteiger partial charge in [-0.1, -0.05) is 0 Å². The Morgan fingerprint density at radius 1 is 1.50 bits per heavy atom. The minimum atomic E-state index is 0.110. The van der Waals surface area contributed by atoms with Crippen molar-refractivity contribution in [2.24, 2.45) is 0 Å². The van der Waals surface area contributed by atoms with Crippen molar-refractivity contribution in [1.82, 2.24) is 10.3 Å². The molecule has 1 N–H and O–H groups in total. The highest BCUT2D eigenvalue weighted by Crippen LogP contribution is 2.22. The number of rotatable bonds is 5. The summed E-state index contributed by atoms with van der Waals surface area (Å²) in [6, 6.07) is 0. The van der Waals surface area contributed by atoms with Crippen molar-refractivity contribution in [3.8, 4) is 0 Å². The summed E-state index contributed by atoms with van der Waals surface area (Å²) >= 11 is 1.72. The topological polar surface area (TPSA) is 34.1 Å². The second kappa shape index (κ2) is 5.75. The highest BCUT2D eigenvalue weighted by molar-refractivity contribution is 7.11. The van der Waals surface area contributed by atoms with Crippen LogP contribution in [0, 0.1) is 0 Å². The summed E-state index contributed by atoms with van der Waals surface area (Å²) in [6.07, 6.45) is 2.05. The van der Waals surface area contributed by atoms with Crippen LogP contribution in [0.2, 0.25) is 0 Å². The number of hydrogen-bond donors (Lipinski definition) is 1. The number of thiazole rings is 1. The Labute approximate surface area is 102 Å². The lowest BCUT2D eigenvalue weighted by atomic mass is 10.1. The second-order valence-electron chi connectivity index (χ2n) is 4.87. The van der Waals surface area contributed by atoms with Crippen LogP contribution in [0.1, 0.15) is 50.6 Å². The molecule has 1 aromatic rings. The SMILES string of the molecule is CCOC(C)c1ncc(CNC(C)(C)C)s1. The summed E-state index contributed by atoms with van der Waals surface area (Å²) in [5.41, 5.74) is 0.148. The average Bonchev–Trinajstić information content (AvgIpc) is 2.62. The molecule has 0 saturated heterocycles. The molecule has 1 atom stereocenters. The first-order chi connectivity index (χ1) is 7.42. The summed E-state index contributed by atoms with van der Waals surface area (Å²) < 4.78 is 5.51. The number of hydrogen-bond acceptors (Lipinski definition) is 4. The first-order valence-electron chi connectivity index (χ1n) is 5.73. The molecule has 0 aliphatic rings. The first kappa shape index (κ1) is 13.6. The maximum absolute atomic E-state index is 5.51. The van der Waals surface area contributed by atoms with Gasteiger partial charge in [0.2, 0.25) is 0 Å². The second-order valence-corrected chi connectivity index (χ2v) is 6.01. The Kier molecular flexibility index (Phi) is 4.89. The van der Waals surface area contributed by atoms with Crippen LogP contribution in [0.25, 0.3) is 0 Å². The lowest BCUT2D eigenvalue weighted by molar-refractivity contribution is 0.0762. The summed E-state index contributed by atoms with van der Waals surface area (Å²) in [4.78, 5) is 5.65. The van der Waals surface area contributed by atoms with Crippen LogP contribution in [-0.4, -0.2) is 17.1 Å². The molecule has 0 fully saturated rings. The standard InChI is InChI=1S/C12H22N2OS/c1-6-15-9(2)11-13-7-10(16-11)8-14-12(3,4)5/h7,9,14H,6,8H2,1-5H3. The zero-order chi connectivity index (χ0) is 12.2. The third-order valence-electron chi connectivity index (χ3n) is 2.13. The van der Waals surface area contributed by atoms with Crippen molar-refractivity contribution in [2.45, 2.75) is 52.8 Å². The summed E-state index contributed by atoms with van der Waals surface area (Å²) in [5, 5.41) is 4.51. The van der Waals surface area contributed by atoms with Gasteiger partial charge in [0.1, 0.15) is 11.1 Å². The molecule has 0 spiro atoms. The predicted octanol–water partition coefficient (Wildman–Crippen LogP) is 3.13. The van der Waals surface area contributed by atoms with Crippen molar-refractivity contribution >= 4 is 11.3 Å². The van der Waals surface area contributed by atoms with E-state index in [-0.39, 0.29) is 11.6 Å². The van der Waals surface area contributed by atoms with E-state index in [9.17, 15) is 0 Å². The molecule has 16 heavy (non-hydrogen) atoms. The fourth-order valence-corrected chi connectivity index (χ4v) is 2.12. The molecule has 1 unspecified atom stereocenters. The minimum Gasteiger partial charge on any atom is -0.372 e. The number of nitrogens with zero attached hydrogens (tertiary/aromatic N) is 1. The van der Waals surface area contributed by atoms with Gasteiger partial charge in [-0.25, -0.2) is 4.98 Å². The van der Waals surface area contributed by atoms with Gasteiger partial charge in [-0.15, -0.1) is 11.3 Å². The maximum atomic E-state index is 5.51. The van der Waals surface area contributed by atoms with E-state index in [1.54, 1.807) is 11.3 Å². The van der Waals surface area contributed by atoms with Crippen LogP contribution in [-0.2, 0) is 11.3 Å². The van der Waals surface area contributed by atoms with Crippen LogP contribution < -0.4 is 5.32 Å². The number of aromatic nitrogens is 1. The number of ether oxygens (including phenoxy) is 1. The van der Waals surface area contributed by atoms with Crippen molar-refractivity contribution < 1.29 is 4.74 Å². The van der Waals surface area contributed by atoms with Gasteiger partial charge in [0.25, 0.3) is 0 Å². The average molecular weight is 242 g/mol. The smallest absolute Gasteiger partial charge is 0.121 e. The van der Waals surface area contributed by atoms with Gasteiger partial charge < -0.3 is 10.1 Å². The third kappa shape index (κ3) is 4.60. The molecule has 1 aromatic heterocycles. The van der Waals surface area contributed by atoms with Gasteiger partial charge in [-0.05, 0) is 34.6 Å². The molecule has 4 heteroatoms. The minimum absolute atomic E-state index is 0.110. The molecule has 3 nitrogen and oxygen atoms in total. The fourth-order valence-electron chi connectivity index (χ4n) is 1.27. The van der Waals surface area contributed by atoms with E-state index in [0.29, 0.717) is 0 Å². The Morgan fingerprint density at radius 2 is 2.19 bits per heavy atom. The van der Waals surface area contributed by atoms with Gasteiger partial charge in [0, 0.05) is 29.8 Å². The van der Waals surface area contributed by atoms with Crippen LogP contribution in [0.3, 0.4) is 0 Å². The summed E-state index contributed by atoms with van der Waals surface area (Å²) in [7, 11) is 0. The molecular formula is C12H22N2OS. The Hall–Kier alpha value is -0.450. The number of nitrogens with one attached hydrogen (secondary N) is 1. The van der Waals surface area contributed by atoms with Crippen molar-refractivity contribution in [1.29, 1.82) is 0 Å². The highest BCUT2D eigenvalue weighted by atomic mass is 32.1. The Bertz CT molecular complexity index is 317. The monoisotopic (exact) mass is 242 g/mol. The molecule has 0 amide bonds. The van der Waals surface area contributed by atoms with Gasteiger partial charge in [0.15, 0.2) is 0 Å². The van der Waals surface area contributed by atoms with Crippen molar-refractivity contribution in [3.63, 3.8) is 0 Å². The Balaban J connectivity index is 2.51. The molecule has 0 aromatic carbocycles. The zero-order valence-electron chi connectivity index (χ0n) is 10.8. The molecule has 0 aliphatic heterocycles. The van der Waals surface area contributed by atoms with E-state index >= 15 is 0 Å². The van der Waals surface area contributed by atoms with E-state index in [2.05, 4.69) is 31.1 Å². The van der Waals surface area contributed by atoms with Gasteiger partial charge in [-0.2, -0.15) is 0 Å². The van der Waals surface area contributed by atoms with Crippen LogP contribution in [0.5, 0.6) is 0 Å². The van der Waals surface area contributed by atoms with E-state index < -0.39 is 0 Å². The molecule has 1 heterocycles. The molecule has 0 aliphatic carbocycles. The Morgan fingerprint density at radius 3 is 2.75 bits per heavy atom. The van der Waals surface area contributed by atoms with Crippen molar-refractivity contribution in [3.05, 3.63) is 16.1 Å². The van der Waals surface area contributed by atoms with E-state index in [4.69, 9.17) is 4.74 Å². The summed E-state index contributed by atoms with van der Waals surface area (Å²) in [5.74, 6) is 0. The van der Waals surface area contributed by atoms with E-state index in [0.717, 1.165) is 18.2 Å². The predicted molar refractivity (Wildman–Crippen MR) is 68.7 cm³/mol. The lowest BCUT2D eigenvalue weighted by Crippen LogP contribution is -2.34. The van der Waals surface area contributed by atoms with Crippen molar-refractivity contribution in [2.75, 3.05) is 6.61 Å². The molecular weight excluding hydrogens is 220 g/mol. The van der Waals surface area contributed by atoms with E-state index in [1.165, 1.54) is 4.88 Å². The van der Waals surface area contributed by atoms with Crippen LogP contribution in [0.4, 0.5) is 0 Å². The molecule has 0 saturated carbocycles. The molecule has 0 bridgehead atoms. The quantitative estimate of drug-likeness (QED) is 0.861. The molecule has 92 valence electrons. The highest BCUT2D eigenvalue weighted by Gasteiger charge is 2.12.